The number of hydrogen-bond acceptors (Lipinski definition) is 4. The van der Waals surface area contributed by atoms with Gasteiger partial charge in [0.1, 0.15) is 5.82 Å². The molecule has 0 spiro atoms. The average Bonchev–Trinajstić information content (AvgIpc) is 2.77. The monoisotopic (exact) mass is 233 g/mol. The number of likely N-dealkylation sites (N-methyl/N-ethyl adjacent to an activating group) is 1. The second-order valence-electron chi connectivity index (χ2n) is 3.72. The van der Waals surface area contributed by atoms with Gasteiger partial charge in [-0.05, 0) is 19.2 Å². The SMILES string of the molecule is CNCCc1nc2c(C(N)=NO)cccc2[nH]1. The molecule has 6 heteroatoms. The molecule has 1 heterocycles. The van der Waals surface area contributed by atoms with E-state index in [1.54, 1.807) is 6.07 Å². The highest BCUT2D eigenvalue weighted by molar-refractivity contribution is 6.06. The number of hydrogen-bond donors (Lipinski definition) is 4. The highest BCUT2D eigenvalue weighted by Gasteiger charge is 2.09. The minimum absolute atomic E-state index is 0.0715. The fourth-order valence-electron chi connectivity index (χ4n) is 1.71. The molecule has 0 saturated heterocycles. The Morgan fingerprint density at radius 2 is 2.41 bits per heavy atom. The lowest BCUT2D eigenvalue weighted by molar-refractivity contribution is 0.318. The van der Waals surface area contributed by atoms with Gasteiger partial charge in [-0.3, -0.25) is 0 Å². The van der Waals surface area contributed by atoms with Gasteiger partial charge in [0.2, 0.25) is 0 Å². The maximum Gasteiger partial charge on any atom is 0.172 e. The normalized spacial score (nSPS) is 12.2. The van der Waals surface area contributed by atoms with Crippen molar-refractivity contribution < 1.29 is 5.21 Å². The van der Waals surface area contributed by atoms with Crippen LogP contribution in [0.5, 0.6) is 0 Å². The van der Waals surface area contributed by atoms with Crippen LogP contribution in [-0.4, -0.2) is 34.6 Å². The van der Waals surface area contributed by atoms with E-state index >= 15 is 0 Å². The largest absolute Gasteiger partial charge is 0.409 e. The van der Waals surface area contributed by atoms with E-state index in [4.69, 9.17) is 10.9 Å². The van der Waals surface area contributed by atoms with Gasteiger partial charge in [-0.15, -0.1) is 0 Å². The van der Waals surface area contributed by atoms with Crippen LogP contribution in [0.3, 0.4) is 0 Å². The van der Waals surface area contributed by atoms with Crippen molar-refractivity contribution >= 4 is 16.9 Å². The van der Waals surface area contributed by atoms with Gasteiger partial charge < -0.3 is 21.2 Å². The number of imidazole rings is 1. The summed E-state index contributed by atoms with van der Waals surface area (Å²) in [6.07, 6.45) is 0.806. The molecule has 0 fully saturated rings. The molecule has 0 aliphatic carbocycles. The lowest BCUT2D eigenvalue weighted by Gasteiger charge is -1.98. The Bertz CT molecular complexity index is 546. The predicted molar refractivity (Wildman–Crippen MR) is 66.2 cm³/mol. The average molecular weight is 233 g/mol. The molecule has 1 aromatic carbocycles. The van der Waals surface area contributed by atoms with Crippen LogP contribution in [0.15, 0.2) is 23.4 Å². The molecular weight excluding hydrogens is 218 g/mol. The number of nitrogens with one attached hydrogen (secondary N) is 2. The number of aromatic amines is 1. The standard InChI is InChI=1S/C11H15N5O/c1-13-6-5-9-14-8-4-2-3-7(10(8)15-9)11(12)16-17/h2-4,13,17H,5-6H2,1H3,(H2,12,16)(H,14,15). The van der Waals surface area contributed by atoms with Crippen LogP contribution in [0.4, 0.5) is 0 Å². The Hall–Kier alpha value is -2.08. The van der Waals surface area contributed by atoms with Crippen LogP contribution in [0.1, 0.15) is 11.4 Å². The van der Waals surface area contributed by atoms with Crippen LogP contribution in [0, 0.1) is 0 Å². The van der Waals surface area contributed by atoms with E-state index in [9.17, 15) is 0 Å². The number of oxime groups is 1. The number of rotatable bonds is 4. The number of nitrogens with zero attached hydrogens (tertiary/aromatic N) is 2. The van der Waals surface area contributed by atoms with Gasteiger partial charge >= 0.3 is 0 Å². The number of aromatic nitrogens is 2. The first-order valence-corrected chi connectivity index (χ1v) is 5.36. The van der Waals surface area contributed by atoms with Crippen molar-refractivity contribution in [1.29, 1.82) is 0 Å². The second-order valence-corrected chi connectivity index (χ2v) is 3.72. The number of para-hydroxylation sites is 1. The molecule has 0 radical (unpaired) electrons. The van der Waals surface area contributed by atoms with Crippen molar-refractivity contribution in [2.24, 2.45) is 10.9 Å². The minimum Gasteiger partial charge on any atom is -0.409 e. The molecular formula is C11H15N5O. The molecule has 0 bridgehead atoms. The molecule has 0 atom stereocenters. The van der Waals surface area contributed by atoms with Crippen LogP contribution in [-0.2, 0) is 6.42 Å². The topological polar surface area (TPSA) is 99.3 Å². The van der Waals surface area contributed by atoms with E-state index in [-0.39, 0.29) is 5.84 Å². The smallest absolute Gasteiger partial charge is 0.172 e. The number of amidine groups is 1. The summed E-state index contributed by atoms with van der Waals surface area (Å²) >= 11 is 0. The van der Waals surface area contributed by atoms with Crippen molar-refractivity contribution in [1.82, 2.24) is 15.3 Å². The lowest BCUT2D eigenvalue weighted by Crippen LogP contribution is -2.13. The highest BCUT2D eigenvalue weighted by atomic mass is 16.4. The van der Waals surface area contributed by atoms with E-state index in [1.807, 2.05) is 19.2 Å². The summed E-state index contributed by atoms with van der Waals surface area (Å²) in [5, 5.41) is 14.8. The summed E-state index contributed by atoms with van der Waals surface area (Å²) in [5.41, 5.74) is 7.86. The third-order valence-electron chi connectivity index (χ3n) is 2.56. The summed E-state index contributed by atoms with van der Waals surface area (Å²) in [5.74, 6) is 0.954. The third-order valence-corrected chi connectivity index (χ3v) is 2.56. The number of fused-ring (bicyclic) bond motifs is 1. The van der Waals surface area contributed by atoms with Crippen LogP contribution >= 0.6 is 0 Å². The Labute approximate surface area is 98.5 Å². The summed E-state index contributed by atoms with van der Waals surface area (Å²) in [4.78, 5) is 7.66. The van der Waals surface area contributed by atoms with E-state index in [0.717, 1.165) is 29.8 Å². The Kier molecular flexibility index (Phi) is 3.24. The van der Waals surface area contributed by atoms with Crippen molar-refractivity contribution in [2.45, 2.75) is 6.42 Å². The molecule has 90 valence electrons. The number of benzene rings is 1. The van der Waals surface area contributed by atoms with E-state index in [1.165, 1.54) is 0 Å². The van der Waals surface area contributed by atoms with Crippen LogP contribution < -0.4 is 11.1 Å². The predicted octanol–water partition coefficient (Wildman–Crippen LogP) is 0.419. The minimum atomic E-state index is 0.0715. The van der Waals surface area contributed by atoms with Gasteiger partial charge in [0.05, 0.1) is 11.0 Å². The van der Waals surface area contributed by atoms with Gasteiger partial charge in [-0.25, -0.2) is 4.98 Å². The van der Waals surface area contributed by atoms with Crippen molar-refractivity contribution in [2.75, 3.05) is 13.6 Å². The summed E-state index contributed by atoms with van der Waals surface area (Å²) in [6.45, 7) is 0.846. The van der Waals surface area contributed by atoms with E-state index in [0.29, 0.717) is 5.56 Å². The van der Waals surface area contributed by atoms with Crippen molar-refractivity contribution in [3.63, 3.8) is 0 Å². The fraction of sp³-hybridized carbons (Fsp3) is 0.273. The summed E-state index contributed by atoms with van der Waals surface area (Å²) < 4.78 is 0. The molecule has 0 unspecified atom stereocenters. The zero-order valence-electron chi connectivity index (χ0n) is 9.57. The van der Waals surface area contributed by atoms with Crippen molar-refractivity contribution in [3.05, 3.63) is 29.6 Å². The van der Waals surface area contributed by atoms with E-state index < -0.39 is 0 Å². The van der Waals surface area contributed by atoms with Crippen LogP contribution in [0.2, 0.25) is 0 Å². The van der Waals surface area contributed by atoms with Gasteiger partial charge in [0.15, 0.2) is 5.84 Å². The molecule has 0 amide bonds. The summed E-state index contributed by atoms with van der Waals surface area (Å²) in [6, 6.07) is 5.54. The molecule has 0 saturated carbocycles. The second kappa shape index (κ2) is 4.84. The Morgan fingerprint density at radius 3 is 3.12 bits per heavy atom. The summed E-state index contributed by atoms with van der Waals surface area (Å²) in [7, 11) is 1.89. The van der Waals surface area contributed by atoms with Gasteiger partial charge in [-0.1, -0.05) is 11.2 Å². The van der Waals surface area contributed by atoms with Crippen LogP contribution in [0.25, 0.3) is 11.0 Å². The maximum atomic E-state index is 8.71. The molecule has 6 nitrogen and oxygen atoms in total. The molecule has 2 rings (SSSR count). The Balaban J connectivity index is 2.45. The molecule has 1 aromatic heterocycles. The maximum absolute atomic E-state index is 8.71. The first-order chi connectivity index (χ1) is 8.26. The molecule has 5 N–H and O–H groups in total. The molecule has 17 heavy (non-hydrogen) atoms. The first-order valence-electron chi connectivity index (χ1n) is 5.36. The van der Waals surface area contributed by atoms with Gasteiger partial charge in [0, 0.05) is 18.5 Å². The first kappa shape index (κ1) is 11.4. The zero-order valence-corrected chi connectivity index (χ0v) is 9.57. The van der Waals surface area contributed by atoms with E-state index in [2.05, 4.69) is 20.4 Å². The van der Waals surface area contributed by atoms with Gasteiger partial charge in [-0.2, -0.15) is 0 Å². The highest BCUT2D eigenvalue weighted by Crippen LogP contribution is 2.16. The Morgan fingerprint density at radius 1 is 1.59 bits per heavy atom. The lowest BCUT2D eigenvalue weighted by atomic mass is 10.2. The number of H-pyrrole nitrogens is 1. The van der Waals surface area contributed by atoms with Gasteiger partial charge in [0.25, 0.3) is 0 Å². The molecule has 0 aliphatic heterocycles. The molecule has 2 aromatic rings. The third kappa shape index (κ3) is 2.21. The quantitative estimate of drug-likeness (QED) is 0.266. The molecule has 0 aliphatic rings. The van der Waals surface area contributed by atoms with Crippen molar-refractivity contribution in [3.8, 4) is 0 Å². The fourth-order valence-corrected chi connectivity index (χ4v) is 1.71. The zero-order chi connectivity index (χ0) is 12.3. The number of nitrogens with two attached hydrogens (primary N) is 1.